The molecule has 0 amide bonds. The molecule has 0 radical (unpaired) electrons. The van der Waals surface area contributed by atoms with E-state index in [4.69, 9.17) is 9.47 Å². The number of carbonyl (C=O) groups is 2. The molecule has 1 aliphatic rings. The van der Waals surface area contributed by atoms with Gasteiger partial charge in [-0.2, -0.15) is 0 Å². The number of benzene rings is 1. The molecule has 1 aliphatic heterocycles. The predicted octanol–water partition coefficient (Wildman–Crippen LogP) is 4.82. The van der Waals surface area contributed by atoms with Crippen LogP contribution in [-0.2, 0) is 14.3 Å². The Labute approximate surface area is 168 Å². The summed E-state index contributed by atoms with van der Waals surface area (Å²) in [4.78, 5) is 26.6. The normalized spacial score (nSPS) is 17.9. The third-order valence-electron chi connectivity index (χ3n) is 5.45. The third kappa shape index (κ3) is 5.85. The van der Waals surface area contributed by atoms with Crippen LogP contribution in [0.25, 0.3) is 0 Å². The number of ether oxygens (including phenoxy) is 2. The van der Waals surface area contributed by atoms with Crippen LogP contribution in [0.4, 0.5) is 0 Å². The van der Waals surface area contributed by atoms with Crippen LogP contribution in [0, 0.1) is 0 Å². The monoisotopic (exact) mass is 387 g/mol. The van der Waals surface area contributed by atoms with Crippen LogP contribution >= 0.6 is 0 Å². The van der Waals surface area contributed by atoms with Crippen LogP contribution in [0.5, 0.6) is 5.75 Å². The van der Waals surface area contributed by atoms with E-state index >= 15 is 0 Å². The van der Waals surface area contributed by atoms with E-state index in [0.29, 0.717) is 6.42 Å². The fourth-order valence-electron chi connectivity index (χ4n) is 3.90. The Bertz CT molecular complexity index is 680. The summed E-state index contributed by atoms with van der Waals surface area (Å²) in [5.74, 6) is 0.585. The third-order valence-corrected chi connectivity index (χ3v) is 5.45. The second kappa shape index (κ2) is 10.9. The van der Waals surface area contributed by atoms with Crippen molar-refractivity contribution in [3.63, 3.8) is 0 Å². The highest BCUT2D eigenvalue weighted by molar-refractivity contribution is 5.92. The highest BCUT2D eigenvalue weighted by atomic mass is 16.5. The molecule has 0 spiro atoms. The van der Waals surface area contributed by atoms with Crippen LogP contribution in [0.15, 0.2) is 36.0 Å². The van der Waals surface area contributed by atoms with E-state index in [1.54, 1.807) is 13.2 Å². The molecule has 0 saturated carbocycles. The van der Waals surface area contributed by atoms with Crippen molar-refractivity contribution in [2.75, 3.05) is 14.2 Å². The first-order valence-corrected chi connectivity index (χ1v) is 10.2. The maximum absolute atomic E-state index is 12.4. The van der Waals surface area contributed by atoms with Crippen molar-refractivity contribution in [2.24, 2.45) is 0 Å². The molecule has 0 fully saturated rings. The number of nitrogens with zero attached hydrogens (tertiary/aromatic N) is 1. The molecule has 28 heavy (non-hydrogen) atoms. The van der Waals surface area contributed by atoms with Crippen LogP contribution in [-0.4, -0.2) is 36.9 Å². The van der Waals surface area contributed by atoms with Crippen molar-refractivity contribution in [1.29, 1.82) is 0 Å². The van der Waals surface area contributed by atoms with Gasteiger partial charge in [-0.05, 0) is 31.0 Å². The van der Waals surface area contributed by atoms with Gasteiger partial charge in [-0.3, -0.25) is 9.59 Å². The van der Waals surface area contributed by atoms with Crippen molar-refractivity contribution < 1.29 is 19.1 Å². The zero-order valence-corrected chi connectivity index (χ0v) is 17.6. The number of allylic oxidation sites excluding steroid dienone is 1. The van der Waals surface area contributed by atoms with Crippen LogP contribution in [0.3, 0.4) is 0 Å². The first kappa shape index (κ1) is 22.0. The Hall–Kier alpha value is -2.30. The largest absolute Gasteiger partial charge is 0.497 e. The quantitative estimate of drug-likeness (QED) is 0.426. The van der Waals surface area contributed by atoms with Crippen LogP contribution in [0.1, 0.15) is 70.4 Å². The number of rotatable bonds is 10. The average molecular weight is 388 g/mol. The van der Waals surface area contributed by atoms with E-state index in [1.807, 2.05) is 24.3 Å². The van der Waals surface area contributed by atoms with Gasteiger partial charge in [-0.15, -0.1) is 0 Å². The standard InChI is InChI=1S/C23H33NO4/c1-5-6-7-8-9-19-14-21(25)15-20(16-23(26)28-4)24(19)17(2)18-10-12-22(27-3)13-11-18/h10-13,15,17,19H,5-9,14,16H2,1-4H3/t17-,19-/m1/s1. The van der Waals surface area contributed by atoms with Gasteiger partial charge in [0.1, 0.15) is 5.75 Å². The molecule has 0 N–H and O–H groups in total. The number of hydrogen-bond donors (Lipinski definition) is 0. The summed E-state index contributed by atoms with van der Waals surface area (Å²) in [6, 6.07) is 8.13. The summed E-state index contributed by atoms with van der Waals surface area (Å²) in [6.07, 6.45) is 7.84. The number of ketones is 1. The lowest BCUT2D eigenvalue weighted by Gasteiger charge is -2.42. The van der Waals surface area contributed by atoms with Gasteiger partial charge in [0.2, 0.25) is 0 Å². The summed E-state index contributed by atoms with van der Waals surface area (Å²) in [7, 11) is 3.03. The lowest BCUT2D eigenvalue weighted by molar-refractivity contribution is -0.140. The smallest absolute Gasteiger partial charge is 0.311 e. The lowest BCUT2D eigenvalue weighted by atomic mass is 9.92. The fraction of sp³-hybridized carbons (Fsp3) is 0.565. The van der Waals surface area contributed by atoms with E-state index in [-0.39, 0.29) is 30.3 Å². The molecule has 1 heterocycles. The van der Waals surface area contributed by atoms with Gasteiger partial charge in [0.25, 0.3) is 0 Å². The maximum atomic E-state index is 12.4. The fourth-order valence-corrected chi connectivity index (χ4v) is 3.90. The van der Waals surface area contributed by atoms with Gasteiger partial charge >= 0.3 is 5.97 Å². The van der Waals surface area contributed by atoms with Gasteiger partial charge in [-0.25, -0.2) is 0 Å². The highest BCUT2D eigenvalue weighted by Crippen LogP contribution is 2.35. The SMILES string of the molecule is CCCCCC[C@@H]1CC(=O)C=C(CC(=O)OC)N1[C@H](C)c1ccc(OC)cc1. The van der Waals surface area contributed by atoms with Gasteiger partial charge in [0, 0.05) is 24.2 Å². The predicted molar refractivity (Wildman–Crippen MR) is 110 cm³/mol. The minimum absolute atomic E-state index is 0.0473. The summed E-state index contributed by atoms with van der Waals surface area (Å²) in [5.41, 5.74) is 1.89. The Kier molecular flexibility index (Phi) is 8.55. The molecule has 0 saturated heterocycles. The van der Waals surface area contributed by atoms with Gasteiger partial charge < -0.3 is 14.4 Å². The van der Waals surface area contributed by atoms with E-state index in [0.717, 1.165) is 29.9 Å². The number of hydrogen-bond acceptors (Lipinski definition) is 5. The van der Waals surface area contributed by atoms with Crippen molar-refractivity contribution in [3.05, 3.63) is 41.6 Å². The van der Waals surface area contributed by atoms with Gasteiger partial charge in [0.15, 0.2) is 5.78 Å². The Morgan fingerprint density at radius 1 is 1.18 bits per heavy atom. The Balaban J connectivity index is 2.28. The number of unbranched alkanes of at least 4 members (excludes halogenated alkanes) is 3. The second-order valence-electron chi connectivity index (χ2n) is 7.42. The minimum Gasteiger partial charge on any atom is -0.497 e. The topological polar surface area (TPSA) is 55.8 Å². The van der Waals surface area contributed by atoms with E-state index in [1.165, 1.54) is 26.4 Å². The van der Waals surface area contributed by atoms with Crippen molar-refractivity contribution in [2.45, 2.75) is 70.9 Å². The molecule has 1 aromatic rings. The summed E-state index contributed by atoms with van der Waals surface area (Å²) in [5, 5.41) is 0. The number of esters is 1. The van der Waals surface area contributed by atoms with Crippen molar-refractivity contribution >= 4 is 11.8 Å². The molecular weight excluding hydrogens is 354 g/mol. The molecule has 2 rings (SSSR count). The second-order valence-corrected chi connectivity index (χ2v) is 7.42. The molecule has 0 unspecified atom stereocenters. The maximum Gasteiger partial charge on any atom is 0.311 e. The van der Waals surface area contributed by atoms with Crippen LogP contribution < -0.4 is 4.74 Å². The summed E-state index contributed by atoms with van der Waals surface area (Å²) in [6.45, 7) is 4.32. The zero-order valence-electron chi connectivity index (χ0n) is 17.6. The van der Waals surface area contributed by atoms with Gasteiger partial charge in [0.05, 0.1) is 26.7 Å². The van der Waals surface area contributed by atoms with E-state index < -0.39 is 0 Å². The molecule has 0 aliphatic carbocycles. The molecule has 5 nitrogen and oxygen atoms in total. The molecule has 5 heteroatoms. The molecular formula is C23H33NO4. The Morgan fingerprint density at radius 3 is 2.50 bits per heavy atom. The number of methoxy groups -OCH3 is 2. The minimum atomic E-state index is -0.322. The lowest BCUT2D eigenvalue weighted by Crippen LogP contribution is -2.42. The summed E-state index contributed by atoms with van der Waals surface area (Å²) >= 11 is 0. The molecule has 1 aromatic carbocycles. The van der Waals surface area contributed by atoms with Gasteiger partial charge in [-0.1, -0.05) is 44.7 Å². The van der Waals surface area contributed by atoms with Crippen molar-refractivity contribution in [1.82, 2.24) is 4.90 Å². The number of carbonyl (C=O) groups excluding carboxylic acids is 2. The van der Waals surface area contributed by atoms with E-state index in [9.17, 15) is 9.59 Å². The highest BCUT2D eigenvalue weighted by Gasteiger charge is 2.32. The molecule has 2 atom stereocenters. The van der Waals surface area contributed by atoms with Crippen molar-refractivity contribution in [3.8, 4) is 5.75 Å². The van der Waals surface area contributed by atoms with Crippen LogP contribution in [0.2, 0.25) is 0 Å². The summed E-state index contributed by atoms with van der Waals surface area (Å²) < 4.78 is 10.1. The zero-order chi connectivity index (χ0) is 20.5. The average Bonchev–Trinajstić information content (AvgIpc) is 2.70. The molecule has 0 aromatic heterocycles. The first-order valence-electron chi connectivity index (χ1n) is 10.2. The first-order chi connectivity index (χ1) is 13.5. The molecule has 154 valence electrons. The molecule has 0 bridgehead atoms. The van der Waals surface area contributed by atoms with E-state index in [2.05, 4.69) is 18.7 Å². The Morgan fingerprint density at radius 2 is 1.89 bits per heavy atom.